The van der Waals surface area contributed by atoms with Gasteiger partial charge < -0.3 is 10.1 Å². The summed E-state index contributed by atoms with van der Waals surface area (Å²) in [4.78, 5) is 15.7. The number of hydrogen-bond acceptors (Lipinski definition) is 4. The summed E-state index contributed by atoms with van der Waals surface area (Å²) in [7, 11) is 1.65. The van der Waals surface area contributed by atoms with Crippen molar-refractivity contribution in [3.63, 3.8) is 0 Å². The van der Waals surface area contributed by atoms with E-state index in [4.69, 9.17) is 4.74 Å². The SMILES string of the molecule is CCC(=O)NCCc1nc(-c2ccc(OC)cc2)cs1. The molecular weight excluding hydrogens is 272 g/mol. The summed E-state index contributed by atoms with van der Waals surface area (Å²) in [5.74, 6) is 0.920. The first-order valence-electron chi connectivity index (χ1n) is 6.58. The second-order valence-electron chi connectivity index (χ2n) is 4.31. The van der Waals surface area contributed by atoms with Crippen molar-refractivity contribution >= 4 is 17.2 Å². The van der Waals surface area contributed by atoms with Gasteiger partial charge in [0, 0.05) is 30.3 Å². The number of carbonyl (C=O) groups excluding carboxylic acids is 1. The lowest BCUT2D eigenvalue weighted by molar-refractivity contribution is -0.120. The molecule has 1 aromatic carbocycles. The van der Waals surface area contributed by atoms with Gasteiger partial charge in [0.1, 0.15) is 5.75 Å². The van der Waals surface area contributed by atoms with Gasteiger partial charge in [-0.15, -0.1) is 11.3 Å². The summed E-state index contributed by atoms with van der Waals surface area (Å²) >= 11 is 1.62. The van der Waals surface area contributed by atoms with Gasteiger partial charge in [-0.25, -0.2) is 4.98 Å². The Kier molecular flexibility index (Phi) is 5.12. The molecule has 0 saturated heterocycles. The predicted octanol–water partition coefficient (Wildman–Crippen LogP) is 2.89. The van der Waals surface area contributed by atoms with Crippen molar-refractivity contribution in [2.45, 2.75) is 19.8 Å². The number of nitrogens with one attached hydrogen (secondary N) is 1. The minimum Gasteiger partial charge on any atom is -0.497 e. The minimum absolute atomic E-state index is 0.0805. The van der Waals surface area contributed by atoms with E-state index >= 15 is 0 Å². The van der Waals surface area contributed by atoms with Crippen LogP contribution in [0.15, 0.2) is 29.6 Å². The molecule has 0 aliphatic heterocycles. The number of rotatable bonds is 6. The van der Waals surface area contributed by atoms with Crippen molar-refractivity contribution in [3.05, 3.63) is 34.7 Å². The third-order valence-corrected chi connectivity index (χ3v) is 3.83. The maximum atomic E-state index is 11.1. The normalized spacial score (nSPS) is 10.3. The smallest absolute Gasteiger partial charge is 0.219 e. The van der Waals surface area contributed by atoms with E-state index < -0.39 is 0 Å². The molecule has 5 heteroatoms. The van der Waals surface area contributed by atoms with E-state index in [0.29, 0.717) is 13.0 Å². The Hall–Kier alpha value is -1.88. The van der Waals surface area contributed by atoms with Gasteiger partial charge in [0.15, 0.2) is 0 Å². The van der Waals surface area contributed by atoms with Crippen LogP contribution in [0.1, 0.15) is 18.4 Å². The Morgan fingerprint density at radius 3 is 2.75 bits per heavy atom. The molecule has 1 amide bonds. The van der Waals surface area contributed by atoms with Crippen molar-refractivity contribution < 1.29 is 9.53 Å². The first kappa shape index (κ1) is 14.5. The molecule has 1 N–H and O–H groups in total. The Morgan fingerprint density at radius 1 is 1.35 bits per heavy atom. The fourth-order valence-electron chi connectivity index (χ4n) is 1.75. The van der Waals surface area contributed by atoms with E-state index in [2.05, 4.69) is 10.3 Å². The molecule has 0 spiro atoms. The number of nitrogens with zero attached hydrogens (tertiary/aromatic N) is 1. The Bertz CT molecular complexity index is 564. The summed E-state index contributed by atoms with van der Waals surface area (Å²) in [5, 5.41) is 5.93. The summed E-state index contributed by atoms with van der Waals surface area (Å²) < 4.78 is 5.14. The first-order chi connectivity index (χ1) is 9.72. The van der Waals surface area contributed by atoms with Crippen LogP contribution in [0.25, 0.3) is 11.3 Å². The molecule has 4 nitrogen and oxygen atoms in total. The highest BCUT2D eigenvalue weighted by Gasteiger charge is 2.05. The van der Waals surface area contributed by atoms with E-state index in [0.717, 1.165) is 28.4 Å². The van der Waals surface area contributed by atoms with Crippen molar-refractivity contribution in [1.29, 1.82) is 0 Å². The average Bonchev–Trinajstić information content (AvgIpc) is 2.96. The zero-order chi connectivity index (χ0) is 14.4. The van der Waals surface area contributed by atoms with Crippen LogP contribution < -0.4 is 10.1 Å². The van der Waals surface area contributed by atoms with Crippen molar-refractivity contribution in [3.8, 4) is 17.0 Å². The van der Waals surface area contributed by atoms with E-state index in [1.807, 2.05) is 36.6 Å². The van der Waals surface area contributed by atoms with Gasteiger partial charge in [0.05, 0.1) is 17.8 Å². The molecule has 0 aliphatic rings. The van der Waals surface area contributed by atoms with Crippen LogP contribution in [-0.2, 0) is 11.2 Å². The van der Waals surface area contributed by atoms with E-state index in [9.17, 15) is 4.79 Å². The maximum Gasteiger partial charge on any atom is 0.219 e. The van der Waals surface area contributed by atoms with Crippen molar-refractivity contribution in [2.75, 3.05) is 13.7 Å². The molecular formula is C15H18N2O2S. The Morgan fingerprint density at radius 2 is 2.10 bits per heavy atom. The van der Waals surface area contributed by atoms with Crippen LogP contribution in [0.5, 0.6) is 5.75 Å². The molecule has 0 unspecified atom stereocenters. The van der Waals surface area contributed by atoms with Gasteiger partial charge in [0.25, 0.3) is 0 Å². The standard InChI is InChI=1S/C15H18N2O2S/c1-3-14(18)16-9-8-15-17-13(10-20-15)11-4-6-12(19-2)7-5-11/h4-7,10H,3,8-9H2,1-2H3,(H,16,18). The molecule has 0 fully saturated rings. The number of hydrogen-bond donors (Lipinski definition) is 1. The molecule has 0 saturated carbocycles. The molecule has 1 aromatic heterocycles. The molecule has 1 heterocycles. The summed E-state index contributed by atoms with van der Waals surface area (Å²) in [6, 6.07) is 7.85. The van der Waals surface area contributed by atoms with Crippen molar-refractivity contribution in [1.82, 2.24) is 10.3 Å². The Labute approximate surface area is 122 Å². The van der Waals surface area contributed by atoms with Crippen molar-refractivity contribution in [2.24, 2.45) is 0 Å². The van der Waals surface area contributed by atoms with E-state index in [1.165, 1.54) is 0 Å². The van der Waals surface area contributed by atoms with Gasteiger partial charge in [-0.05, 0) is 24.3 Å². The fourth-order valence-corrected chi connectivity index (χ4v) is 2.56. The Balaban J connectivity index is 1.95. The molecule has 20 heavy (non-hydrogen) atoms. The van der Waals surface area contributed by atoms with Crippen LogP contribution in [0.3, 0.4) is 0 Å². The summed E-state index contributed by atoms with van der Waals surface area (Å²) in [6.45, 7) is 2.49. The molecule has 0 atom stereocenters. The van der Waals surface area contributed by atoms with Gasteiger partial charge in [-0.2, -0.15) is 0 Å². The lowest BCUT2D eigenvalue weighted by Crippen LogP contribution is -2.24. The molecule has 2 aromatic rings. The van der Waals surface area contributed by atoms with Crippen LogP contribution in [0.2, 0.25) is 0 Å². The monoisotopic (exact) mass is 290 g/mol. The third kappa shape index (κ3) is 3.81. The number of carbonyl (C=O) groups is 1. The number of aromatic nitrogens is 1. The average molecular weight is 290 g/mol. The second-order valence-corrected chi connectivity index (χ2v) is 5.25. The number of benzene rings is 1. The highest BCUT2D eigenvalue weighted by molar-refractivity contribution is 7.09. The van der Waals surface area contributed by atoms with Crippen LogP contribution >= 0.6 is 11.3 Å². The summed E-state index contributed by atoms with van der Waals surface area (Å²) in [5.41, 5.74) is 2.04. The van der Waals surface area contributed by atoms with Gasteiger partial charge in [-0.1, -0.05) is 6.92 Å². The maximum absolute atomic E-state index is 11.1. The van der Waals surface area contributed by atoms with Crippen LogP contribution in [0.4, 0.5) is 0 Å². The number of thiazole rings is 1. The zero-order valence-electron chi connectivity index (χ0n) is 11.7. The molecule has 0 aliphatic carbocycles. The first-order valence-corrected chi connectivity index (χ1v) is 7.46. The molecule has 0 bridgehead atoms. The summed E-state index contributed by atoms with van der Waals surface area (Å²) in [6.07, 6.45) is 1.29. The lowest BCUT2D eigenvalue weighted by Gasteiger charge is -2.01. The largest absolute Gasteiger partial charge is 0.497 e. The lowest BCUT2D eigenvalue weighted by atomic mass is 10.2. The van der Waals surface area contributed by atoms with E-state index in [1.54, 1.807) is 18.4 Å². The van der Waals surface area contributed by atoms with Gasteiger partial charge >= 0.3 is 0 Å². The van der Waals surface area contributed by atoms with Gasteiger partial charge in [-0.3, -0.25) is 4.79 Å². The highest BCUT2D eigenvalue weighted by atomic mass is 32.1. The molecule has 0 radical (unpaired) electrons. The second kappa shape index (κ2) is 7.05. The number of methoxy groups -OCH3 is 1. The van der Waals surface area contributed by atoms with Crippen LogP contribution in [0, 0.1) is 0 Å². The predicted molar refractivity (Wildman–Crippen MR) is 81.1 cm³/mol. The molecule has 106 valence electrons. The minimum atomic E-state index is 0.0805. The van der Waals surface area contributed by atoms with Crippen LogP contribution in [-0.4, -0.2) is 24.5 Å². The number of ether oxygens (including phenoxy) is 1. The zero-order valence-corrected chi connectivity index (χ0v) is 12.5. The topological polar surface area (TPSA) is 51.2 Å². The van der Waals surface area contributed by atoms with Gasteiger partial charge in [0.2, 0.25) is 5.91 Å². The quantitative estimate of drug-likeness (QED) is 0.890. The number of amides is 1. The third-order valence-electron chi connectivity index (χ3n) is 2.92. The fraction of sp³-hybridized carbons (Fsp3) is 0.333. The van der Waals surface area contributed by atoms with E-state index in [-0.39, 0.29) is 5.91 Å². The molecule has 2 rings (SSSR count). The highest BCUT2D eigenvalue weighted by Crippen LogP contribution is 2.24.